The van der Waals surface area contributed by atoms with Gasteiger partial charge >= 0.3 is 0 Å². The number of nitriles is 1. The maximum Gasteiger partial charge on any atom is 0.164 e. The summed E-state index contributed by atoms with van der Waals surface area (Å²) in [6, 6.07) is 64.9. The number of benzene rings is 8. The van der Waals surface area contributed by atoms with Crippen LogP contribution in [0, 0.1) is 11.3 Å². The lowest BCUT2D eigenvalue weighted by molar-refractivity contribution is 0.437. The van der Waals surface area contributed by atoms with Crippen LogP contribution in [-0.4, -0.2) is 15.0 Å². The largest absolute Gasteiger partial charge is 0.457 e. The quantitative estimate of drug-likeness (QED) is 0.181. The number of fused-ring (bicyclic) bond motifs is 10. The van der Waals surface area contributed by atoms with E-state index in [1.807, 2.05) is 66.7 Å². The Bertz CT molecular complexity index is 3050. The molecule has 2 heterocycles. The molecule has 0 saturated carbocycles. The van der Waals surface area contributed by atoms with Gasteiger partial charge in [0.1, 0.15) is 11.5 Å². The second kappa shape index (κ2) is 12.4. The zero-order chi connectivity index (χ0) is 37.2. The van der Waals surface area contributed by atoms with Crippen molar-refractivity contribution in [3.8, 4) is 74.0 Å². The van der Waals surface area contributed by atoms with E-state index in [0.717, 1.165) is 61.2 Å². The summed E-state index contributed by atoms with van der Waals surface area (Å²) in [6.45, 7) is 0. The lowest BCUT2D eigenvalue weighted by atomic mass is 9.66. The summed E-state index contributed by atoms with van der Waals surface area (Å²) < 4.78 is 7.02. The van der Waals surface area contributed by atoms with Crippen LogP contribution in [0.25, 0.3) is 67.2 Å². The SMILES string of the molecule is N#Cc1ccccc1-c1ccc2c(c1)Oc1cc(-c3nc(-c4ccccc4)nc(-c4ccc5ccccc5c4)n3)ccc1C21c2ccccc2-c2ccccc21. The van der Waals surface area contributed by atoms with E-state index < -0.39 is 5.41 Å². The highest BCUT2D eigenvalue weighted by molar-refractivity contribution is 5.90. The van der Waals surface area contributed by atoms with Gasteiger partial charge in [0.15, 0.2) is 17.5 Å². The van der Waals surface area contributed by atoms with Crippen molar-refractivity contribution < 1.29 is 4.74 Å². The normalized spacial score (nSPS) is 12.9. The molecule has 2 aliphatic rings. The summed E-state index contributed by atoms with van der Waals surface area (Å²) in [7, 11) is 0. The molecule has 1 aliphatic carbocycles. The Labute approximate surface area is 323 Å². The lowest BCUT2D eigenvalue weighted by Crippen LogP contribution is -2.32. The second-order valence-corrected chi connectivity index (χ2v) is 14.3. The van der Waals surface area contributed by atoms with Gasteiger partial charge in [0.05, 0.1) is 17.0 Å². The molecule has 5 nitrogen and oxygen atoms in total. The van der Waals surface area contributed by atoms with Crippen molar-refractivity contribution in [1.29, 1.82) is 5.26 Å². The highest BCUT2D eigenvalue weighted by Gasteiger charge is 2.51. The van der Waals surface area contributed by atoms with E-state index in [2.05, 4.69) is 121 Å². The Morgan fingerprint density at radius 3 is 1.57 bits per heavy atom. The zero-order valence-electron chi connectivity index (χ0n) is 30.0. The minimum absolute atomic E-state index is 0.553. The minimum Gasteiger partial charge on any atom is -0.457 e. The first-order valence-electron chi connectivity index (χ1n) is 18.7. The summed E-state index contributed by atoms with van der Waals surface area (Å²) in [5, 5.41) is 12.3. The molecule has 0 radical (unpaired) electrons. The maximum atomic E-state index is 10.0. The first kappa shape index (κ1) is 31.8. The minimum atomic E-state index is -0.646. The van der Waals surface area contributed by atoms with Crippen molar-refractivity contribution in [3.63, 3.8) is 0 Å². The molecular weight excluding hydrogens is 685 g/mol. The molecule has 0 unspecified atom stereocenters. The van der Waals surface area contributed by atoms with Crippen LogP contribution in [0.15, 0.2) is 182 Å². The third kappa shape index (κ3) is 4.76. The van der Waals surface area contributed by atoms with E-state index in [9.17, 15) is 5.26 Å². The molecule has 1 aliphatic heterocycles. The van der Waals surface area contributed by atoms with Crippen LogP contribution < -0.4 is 4.74 Å². The fourth-order valence-corrected chi connectivity index (χ4v) is 8.73. The number of aromatic nitrogens is 3. The molecule has 0 atom stereocenters. The van der Waals surface area contributed by atoms with Crippen molar-refractivity contribution in [3.05, 3.63) is 210 Å². The predicted molar refractivity (Wildman–Crippen MR) is 221 cm³/mol. The van der Waals surface area contributed by atoms with Crippen molar-refractivity contribution in [2.75, 3.05) is 0 Å². The van der Waals surface area contributed by atoms with Crippen molar-refractivity contribution in [1.82, 2.24) is 15.0 Å². The molecule has 11 rings (SSSR count). The number of rotatable bonds is 4. The fraction of sp³-hybridized carbons (Fsp3) is 0.0196. The van der Waals surface area contributed by atoms with Crippen LogP contribution in [0.3, 0.4) is 0 Å². The molecule has 0 bridgehead atoms. The number of hydrogen-bond donors (Lipinski definition) is 0. The van der Waals surface area contributed by atoms with Gasteiger partial charge in [-0.25, -0.2) is 15.0 Å². The van der Waals surface area contributed by atoms with Gasteiger partial charge in [-0.3, -0.25) is 0 Å². The predicted octanol–water partition coefficient (Wildman–Crippen LogP) is 12.0. The van der Waals surface area contributed by atoms with Gasteiger partial charge < -0.3 is 4.74 Å². The molecule has 260 valence electrons. The molecule has 56 heavy (non-hydrogen) atoms. The van der Waals surface area contributed by atoms with Gasteiger partial charge in [0.2, 0.25) is 0 Å². The zero-order valence-corrected chi connectivity index (χ0v) is 30.0. The standard InChI is InChI=1S/C51H30N4O/c52-31-38-16-6-7-17-39(38)35-24-26-44-46(29-35)56-47-30-37(25-27-45(47)51(44)42-20-10-8-18-40(42)41-19-9-11-21-43(41)51)50-54-48(33-13-2-1-3-14-33)53-49(55-50)36-23-22-32-12-4-5-15-34(32)28-36/h1-30H. The van der Waals surface area contributed by atoms with Crippen molar-refractivity contribution in [2.45, 2.75) is 5.41 Å². The van der Waals surface area contributed by atoms with E-state index in [-0.39, 0.29) is 0 Å². The Hall–Kier alpha value is -7.68. The van der Waals surface area contributed by atoms with Gasteiger partial charge in [-0.05, 0) is 68.4 Å². The molecule has 8 aromatic carbocycles. The maximum absolute atomic E-state index is 10.0. The van der Waals surface area contributed by atoms with E-state index in [1.54, 1.807) is 0 Å². The summed E-state index contributed by atoms with van der Waals surface area (Å²) in [5.74, 6) is 3.21. The van der Waals surface area contributed by atoms with Gasteiger partial charge in [-0.15, -0.1) is 0 Å². The van der Waals surface area contributed by atoms with Crippen LogP contribution in [0.5, 0.6) is 11.5 Å². The highest BCUT2D eigenvalue weighted by Crippen LogP contribution is 2.62. The lowest BCUT2D eigenvalue weighted by Gasteiger charge is -2.39. The Morgan fingerprint density at radius 2 is 0.893 bits per heavy atom. The first-order chi connectivity index (χ1) is 27.7. The highest BCUT2D eigenvalue weighted by atomic mass is 16.5. The third-order valence-corrected chi connectivity index (χ3v) is 11.2. The average Bonchev–Trinajstić information content (AvgIpc) is 3.56. The van der Waals surface area contributed by atoms with Crippen molar-refractivity contribution in [2.24, 2.45) is 0 Å². The molecule has 0 N–H and O–H groups in total. The smallest absolute Gasteiger partial charge is 0.164 e. The number of ether oxygens (including phenoxy) is 1. The van der Waals surface area contributed by atoms with Gasteiger partial charge in [-0.1, -0.05) is 158 Å². The van der Waals surface area contributed by atoms with Gasteiger partial charge in [0, 0.05) is 27.8 Å². The summed E-state index contributed by atoms with van der Waals surface area (Å²) >= 11 is 0. The van der Waals surface area contributed by atoms with Gasteiger partial charge in [-0.2, -0.15) is 5.26 Å². The Balaban J connectivity index is 1.14. The first-order valence-corrected chi connectivity index (χ1v) is 18.7. The Kier molecular flexibility index (Phi) is 7.07. The number of hydrogen-bond acceptors (Lipinski definition) is 5. The van der Waals surface area contributed by atoms with Crippen LogP contribution >= 0.6 is 0 Å². The third-order valence-electron chi connectivity index (χ3n) is 11.2. The van der Waals surface area contributed by atoms with E-state index in [4.69, 9.17) is 19.7 Å². The van der Waals surface area contributed by atoms with Crippen LogP contribution in [0.1, 0.15) is 27.8 Å². The summed E-state index contributed by atoms with van der Waals surface area (Å²) in [5.41, 5.74) is 11.3. The topological polar surface area (TPSA) is 71.7 Å². The van der Waals surface area contributed by atoms with Gasteiger partial charge in [0.25, 0.3) is 0 Å². The van der Waals surface area contributed by atoms with E-state index in [1.165, 1.54) is 22.3 Å². The number of nitrogens with zero attached hydrogens (tertiary/aromatic N) is 4. The molecule has 5 heteroatoms. The average molecular weight is 715 g/mol. The van der Waals surface area contributed by atoms with E-state index >= 15 is 0 Å². The van der Waals surface area contributed by atoms with Crippen LogP contribution in [-0.2, 0) is 5.41 Å². The van der Waals surface area contributed by atoms with E-state index in [0.29, 0.717) is 23.0 Å². The molecule has 1 aromatic heterocycles. The molecule has 0 amide bonds. The monoisotopic (exact) mass is 714 g/mol. The molecule has 9 aromatic rings. The van der Waals surface area contributed by atoms with Crippen molar-refractivity contribution >= 4 is 10.8 Å². The van der Waals surface area contributed by atoms with Crippen LogP contribution in [0.4, 0.5) is 0 Å². The Morgan fingerprint density at radius 1 is 0.393 bits per heavy atom. The molecule has 1 spiro atoms. The summed E-state index contributed by atoms with van der Waals surface area (Å²) in [4.78, 5) is 15.2. The fourth-order valence-electron chi connectivity index (χ4n) is 8.73. The summed E-state index contributed by atoms with van der Waals surface area (Å²) in [6.07, 6.45) is 0. The van der Waals surface area contributed by atoms with Crippen LogP contribution in [0.2, 0.25) is 0 Å². The molecule has 0 fully saturated rings. The molecular formula is C51H30N4O. The molecule has 0 saturated heterocycles. The second-order valence-electron chi connectivity index (χ2n) is 14.3.